The largest absolute Gasteiger partial charge is 0.495 e. The molecule has 1 atom stereocenters. The number of rotatable bonds is 5. The predicted molar refractivity (Wildman–Crippen MR) is 65.5 cm³/mol. The number of nitro benzene ring substituents is 1. The van der Waals surface area contributed by atoms with Gasteiger partial charge in [-0.1, -0.05) is 0 Å². The number of methoxy groups -OCH3 is 1. The van der Waals surface area contributed by atoms with E-state index in [4.69, 9.17) is 0 Å². The van der Waals surface area contributed by atoms with E-state index in [-0.39, 0.29) is 0 Å². The summed E-state index contributed by atoms with van der Waals surface area (Å²) in [5, 5.41) is 10.6. The van der Waals surface area contributed by atoms with Gasteiger partial charge in [0.2, 0.25) is 10.0 Å². The second-order valence-electron chi connectivity index (χ2n) is 3.98. The number of alkyl halides is 3. The van der Waals surface area contributed by atoms with Crippen LogP contribution in [-0.2, 0) is 10.0 Å². The zero-order chi connectivity index (χ0) is 16.4. The third kappa shape index (κ3) is 4.04. The minimum absolute atomic E-state index is 0.425. The third-order valence-electron chi connectivity index (χ3n) is 2.47. The molecule has 0 saturated heterocycles. The van der Waals surface area contributed by atoms with Gasteiger partial charge in [-0.05, 0) is 13.0 Å². The van der Waals surface area contributed by atoms with E-state index in [2.05, 4.69) is 4.74 Å². The van der Waals surface area contributed by atoms with Gasteiger partial charge in [0.25, 0.3) is 5.69 Å². The first-order chi connectivity index (χ1) is 9.49. The van der Waals surface area contributed by atoms with Gasteiger partial charge in [-0.25, -0.2) is 8.42 Å². The van der Waals surface area contributed by atoms with Crippen LogP contribution in [0.25, 0.3) is 0 Å². The van der Waals surface area contributed by atoms with Crippen LogP contribution in [0, 0.1) is 10.1 Å². The number of nitrogens with one attached hydrogen (secondary N) is 1. The van der Waals surface area contributed by atoms with E-state index in [9.17, 15) is 31.7 Å². The molecule has 1 rings (SSSR count). The maximum atomic E-state index is 12.4. The molecule has 0 bridgehead atoms. The van der Waals surface area contributed by atoms with Crippen molar-refractivity contribution in [1.29, 1.82) is 0 Å². The molecule has 7 nitrogen and oxygen atoms in total. The summed E-state index contributed by atoms with van der Waals surface area (Å²) in [5.74, 6) is -0.425. The SMILES string of the molecule is COc1cc([N+](=O)[O-])ccc1S(=O)(=O)N[C@@H](C)C(F)(F)F. The van der Waals surface area contributed by atoms with Crippen LogP contribution < -0.4 is 9.46 Å². The molecule has 1 aromatic rings. The van der Waals surface area contributed by atoms with Gasteiger partial charge in [-0.15, -0.1) is 0 Å². The third-order valence-corrected chi connectivity index (χ3v) is 4.05. The predicted octanol–water partition coefficient (Wildman–Crippen LogP) is 1.83. The Bertz CT molecular complexity index is 645. The highest BCUT2D eigenvalue weighted by molar-refractivity contribution is 7.89. The fraction of sp³-hybridized carbons (Fsp3) is 0.400. The second-order valence-corrected chi connectivity index (χ2v) is 5.66. The maximum Gasteiger partial charge on any atom is 0.404 e. The van der Waals surface area contributed by atoms with Crippen LogP contribution >= 0.6 is 0 Å². The Morgan fingerprint density at radius 2 is 1.95 bits per heavy atom. The van der Waals surface area contributed by atoms with Crippen molar-refractivity contribution < 1.29 is 31.2 Å². The number of hydrogen-bond donors (Lipinski definition) is 1. The Morgan fingerprint density at radius 3 is 2.38 bits per heavy atom. The van der Waals surface area contributed by atoms with Crippen molar-refractivity contribution >= 4 is 15.7 Å². The number of sulfonamides is 1. The van der Waals surface area contributed by atoms with Gasteiger partial charge >= 0.3 is 6.18 Å². The van der Waals surface area contributed by atoms with Crippen LogP contribution in [0.1, 0.15) is 6.92 Å². The number of hydrogen-bond acceptors (Lipinski definition) is 5. The van der Waals surface area contributed by atoms with Crippen molar-refractivity contribution in [2.75, 3.05) is 7.11 Å². The molecular weight excluding hydrogens is 317 g/mol. The topological polar surface area (TPSA) is 98.5 Å². The number of nitrogens with zero attached hydrogens (tertiary/aromatic N) is 1. The van der Waals surface area contributed by atoms with Crippen LogP contribution in [0.5, 0.6) is 5.75 Å². The van der Waals surface area contributed by atoms with E-state index in [1.54, 1.807) is 0 Å². The average molecular weight is 328 g/mol. The van der Waals surface area contributed by atoms with Gasteiger partial charge in [-0.3, -0.25) is 10.1 Å². The zero-order valence-corrected chi connectivity index (χ0v) is 11.7. The maximum absolute atomic E-state index is 12.4. The Balaban J connectivity index is 3.23. The van der Waals surface area contributed by atoms with Crippen molar-refractivity contribution in [2.24, 2.45) is 0 Å². The molecule has 0 aromatic heterocycles. The van der Waals surface area contributed by atoms with Crippen LogP contribution in [-0.4, -0.2) is 32.7 Å². The minimum Gasteiger partial charge on any atom is -0.495 e. The number of ether oxygens (including phenoxy) is 1. The molecule has 0 spiro atoms. The van der Waals surface area contributed by atoms with Gasteiger partial charge in [0.05, 0.1) is 18.1 Å². The quantitative estimate of drug-likeness (QED) is 0.657. The van der Waals surface area contributed by atoms with Crippen molar-refractivity contribution in [3.63, 3.8) is 0 Å². The standard InChI is InChI=1S/C10H11F3N2O5S/c1-6(10(11,12)13)14-21(18,19)9-4-3-7(15(16)17)5-8(9)20-2/h3-6,14H,1-2H3/t6-/m0/s1. The molecule has 0 saturated carbocycles. The number of non-ortho nitro benzene ring substituents is 1. The van der Waals surface area contributed by atoms with Crippen LogP contribution in [0.2, 0.25) is 0 Å². The first kappa shape index (κ1) is 17.2. The molecular formula is C10H11F3N2O5S. The molecule has 11 heteroatoms. The Labute approximate surface area is 117 Å². The molecule has 0 aliphatic heterocycles. The number of nitro groups is 1. The van der Waals surface area contributed by atoms with E-state index < -0.39 is 43.5 Å². The summed E-state index contributed by atoms with van der Waals surface area (Å²) in [6.45, 7) is 0.634. The highest BCUT2D eigenvalue weighted by atomic mass is 32.2. The lowest BCUT2D eigenvalue weighted by Crippen LogP contribution is -2.43. The fourth-order valence-corrected chi connectivity index (χ4v) is 2.74. The van der Waals surface area contributed by atoms with Crippen LogP contribution in [0.3, 0.4) is 0 Å². The molecule has 0 fully saturated rings. The van der Waals surface area contributed by atoms with E-state index in [0.717, 1.165) is 25.3 Å². The van der Waals surface area contributed by atoms with E-state index >= 15 is 0 Å². The van der Waals surface area contributed by atoms with Crippen molar-refractivity contribution in [3.8, 4) is 5.75 Å². The summed E-state index contributed by atoms with van der Waals surface area (Å²) < 4.78 is 67.1. The van der Waals surface area contributed by atoms with E-state index in [1.807, 2.05) is 0 Å². The van der Waals surface area contributed by atoms with Gasteiger partial charge in [-0.2, -0.15) is 17.9 Å². The van der Waals surface area contributed by atoms with E-state index in [0.29, 0.717) is 6.92 Å². The first-order valence-electron chi connectivity index (χ1n) is 5.40. The highest BCUT2D eigenvalue weighted by Crippen LogP contribution is 2.29. The fourth-order valence-electron chi connectivity index (χ4n) is 1.35. The summed E-state index contributed by atoms with van der Waals surface area (Å²) >= 11 is 0. The molecule has 0 aliphatic rings. The molecule has 1 N–H and O–H groups in total. The van der Waals surface area contributed by atoms with E-state index in [1.165, 1.54) is 4.72 Å². The Morgan fingerprint density at radius 1 is 1.38 bits per heavy atom. The smallest absolute Gasteiger partial charge is 0.404 e. The summed E-state index contributed by atoms with van der Waals surface area (Å²) in [4.78, 5) is 9.17. The second kappa shape index (κ2) is 5.85. The summed E-state index contributed by atoms with van der Waals surface area (Å²) in [7, 11) is -3.50. The van der Waals surface area contributed by atoms with Gasteiger partial charge in [0.15, 0.2) is 0 Å². The highest BCUT2D eigenvalue weighted by Gasteiger charge is 2.39. The molecule has 0 radical (unpaired) electrons. The molecule has 118 valence electrons. The van der Waals surface area contributed by atoms with Crippen LogP contribution in [0.4, 0.5) is 18.9 Å². The summed E-state index contributed by atoms with van der Waals surface area (Å²) in [6, 6.07) is 0.160. The van der Waals surface area contributed by atoms with Crippen molar-refractivity contribution in [1.82, 2.24) is 4.72 Å². The van der Waals surface area contributed by atoms with Gasteiger partial charge in [0, 0.05) is 6.07 Å². The summed E-state index contributed by atoms with van der Waals surface area (Å²) in [6.07, 6.45) is -4.76. The first-order valence-corrected chi connectivity index (χ1v) is 6.89. The Kier molecular flexibility index (Phi) is 4.79. The molecule has 1 aromatic carbocycles. The number of halogens is 3. The Hall–Kier alpha value is -1.88. The average Bonchev–Trinajstić information content (AvgIpc) is 2.36. The van der Waals surface area contributed by atoms with Crippen LogP contribution in [0.15, 0.2) is 23.1 Å². The van der Waals surface area contributed by atoms with Crippen molar-refractivity contribution in [3.05, 3.63) is 28.3 Å². The number of benzene rings is 1. The lowest BCUT2D eigenvalue weighted by atomic mass is 10.3. The monoisotopic (exact) mass is 328 g/mol. The molecule has 0 heterocycles. The minimum atomic E-state index is -4.76. The van der Waals surface area contributed by atoms with Gasteiger partial charge < -0.3 is 4.74 Å². The summed E-state index contributed by atoms with van der Waals surface area (Å²) in [5.41, 5.74) is -0.449. The van der Waals surface area contributed by atoms with Gasteiger partial charge in [0.1, 0.15) is 16.7 Å². The normalized spacial score (nSPS) is 13.8. The molecule has 0 unspecified atom stereocenters. The van der Waals surface area contributed by atoms with Crippen molar-refractivity contribution in [2.45, 2.75) is 24.0 Å². The molecule has 21 heavy (non-hydrogen) atoms. The molecule has 0 aliphatic carbocycles. The lowest BCUT2D eigenvalue weighted by molar-refractivity contribution is -0.385. The zero-order valence-electron chi connectivity index (χ0n) is 10.8. The lowest BCUT2D eigenvalue weighted by Gasteiger charge is -2.18. The molecule has 0 amide bonds.